The summed E-state index contributed by atoms with van der Waals surface area (Å²) in [6.45, 7) is 0. The van der Waals surface area contributed by atoms with Gasteiger partial charge in [-0.15, -0.1) is 0 Å². The summed E-state index contributed by atoms with van der Waals surface area (Å²) in [6, 6.07) is 30.2. The lowest BCUT2D eigenvalue weighted by Crippen LogP contribution is -2.33. The van der Waals surface area contributed by atoms with Crippen LogP contribution in [-0.4, -0.2) is 13.0 Å². The van der Waals surface area contributed by atoms with Gasteiger partial charge in [-0.1, -0.05) is 60.7 Å². The van der Waals surface area contributed by atoms with Crippen molar-refractivity contribution in [1.82, 2.24) is 0 Å². The number of anilines is 1. The maximum absolute atomic E-state index is 6.42. The monoisotopic (exact) mass is 401 g/mol. The molecule has 0 aliphatic heterocycles. The first kappa shape index (κ1) is 18.0. The zero-order chi connectivity index (χ0) is 20.9. The van der Waals surface area contributed by atoms with Crippen molar-refractivity contribution < 1.29 is 0 Å². The molecule has 0 heterocycles. The molecule has 31 heavy (non-hydrogen) atoms. The molecule has 2 aliphatic rings. The summed E-state index contributed by atoms with van der Waals surface area (Å²) >= 11 is 0. The van der Waals surface area contributed by atoms with Gasteiger partial charge >= 0.3 is 0 Å². The van der Waals surface area contributed by atoms with Gasteiger partial charge in [0.25, 0.3) is 0 Å². The average molecular weight is 402 g/mol. The van der Waals surface area contributed by atoms with Crippen LogP contribution in [0.1, 0.15) is 22.3 Å². The molecule has 4 aromatic carbocycles. The molecule has 0 aromatic heterocycles. The number of nitrogens with zero attached hydrogens (tertiary/aromatic N) is 2. The van der Waals surface area contributed by atoms with Crippen LogP contribution in [0.5, 0.6) is 0 Å². The Balaban J connectivity index is 1.28. The van der Waals surface area contributed by atoms with Gasteiger partial charge in [0, 0.05) is 12.7 Å². The number of hydrogen-bond acceptors (Lipinski definition) is 1. The second kappa shape index (κ2) is 6.85. The van der Waals surface area contributed by atoms with E-state index in [9.17, 15) is 0 Å². The van der Waals surface area contributed by atoms with Crippen LogP contribution in [0.2, 0.25) is 0 Å². The van der Waals surface area contributed by atoms with Crippen molar-refractivity contribution in [2.75, 3.05) is 11.9 Å². The van der Waals surface area contributed by atoms with Crippen LogP contribution in [-0.2, 0) is 12.8 Å². The van der Waals surface area contributed by atoms with Crippen molar-refractivity contribution in [3.05, 3.63) is 107 Å². The minimum Gasteiger partial charge on any atom is -0.369 e. The van der Waals surface area contributed by atoms with Gasteiger partial charge in [-0.25, -0.2) is 4.99 Å². The Labute approximate surface area is 182 Å². The highest BCUT2D eigenvalue weighted by atomic mass is 15.2. The Hall–Kier alpha value is -3.85. The molecule has 6 rings (SSSR count). The minimum absolute atomic E-state index is 0.492. The highest BCUT2D eigenvalue weighted by Gasteiger charge is 2.20. The van der Waals surface area contributed by atoms with Crippen molar-refractivity contribution in [3.63, 3.8) is 0 Å². The standard InChI is InChI=1S/C28H23N3/c1-31(23-11-13-27-21(17-23)15-19-7-3-5-9-25(19)27)28(29)30-22-10-12-26-20(16-22)14-18-6-2-4-8-24(18)26/h2-13,16-17H,14-15H2,1H3,(H2,29,30). The zero-order valence-corrected chi connectivity index (χ0v) is 17.5. The van der Waals surface area contributed by atoms with Crippen LogP contribution in [0.15, 0.2) is 89.9 Å². The third-order valence-corrected chi connectivity index (χ3v) is 6.53. The molecule has 4 aromatic rings. The van der Waals surface area contributed by atoms with Gasteiger partial charge in [0.2, 0.25) is 5.96 Å². The van der Waals surface area contributed by atoms with Crippen LogP contribution >= 0.6 is 0 Å². The Morgan fingerprint density at radius 2 is 1.23 bits per heavy atom. The van der Waals surface area contributed by atoms with Crippen LogP contribution in [0.4, 0.5) is 11.4 Å². The van der Waals surface area contributed by atoms with Crippen LogP contribution < -0.4 is 10.6 Å². The fraction of sp³-hybridized carbons (Fsp3) is 0.107. The van der Waals surface area contributed by atoms with Crippen LogP contribution in [0, 0.1) is 0 Å². The third-order valence-electron chi connectivity index (χ3n) is 6.53. The second-order valence-electron chi connectivity index (χ2n) is 8.38. The molecule has 0 fully saturated rings. The molecule has 3 heteroatoms. The lowest BCUT2D eigenvalue weighted by molar-refractivity contribution is 1.19. The zero-order valence-electron chi connectivity index (χ0n) is 17.5. The maximum Gasteiger partial charge on any atom is 0.200 e. The SMILES string of the molecule is CN(C(N)=Nc1ccc2c(c1)Cc1ccccc1-2)c1ccc2c(c1)Cc1ccccc1-2. The lowest BCUT2D eigenvalue weighted by atomic mass is 10.1. The quantitative estimate of drug-likeness (QED) is 0.289. The molecule has 0 atom stereocenters. The molecule has 0 saturated heterocycles. The van der Waals surface area contributed by atoms with E-state index in [2.05, 4.69) is 84.9 Å². The molecule has 0 unspecified atom stereocenters. The van der Waals surface area contributed by atoms with E-state index in [1.54, 1.807) is 0 Å². The third kappa shape index (κ3) is 2.93. The number of rotatable bonds is 2. The predicted octanol–water partition coefficient (Wildman–Crippen LogP) is 5.91. The fourth-order valence-electron chi connectivity index (χ4n) is 4.88. The lowest BCUT2D eigenvalue weighted by Gasteiger charge is -2.19. The van der Waals surface area contributed by atoms with Gasteiger partial charge in [-0.3, -0.25) is 0 Å². The molecule has 0 spiro atoms. The van der Waals surface area contributed by atoms with Crippen LogP contribution in [0.25, 0.3) is 22.3 Å². The molecule has 2 aliphatic carbocycles. The molecule has 0 saturated carbocycles. The number of nitrogens with two attached hydrogens (primary N) is 1. The van der Waals surface area contributed by atoms with Crippen molar-refractivity contribution in [2.45, 2.75) is 12.8 Å². The van der Waals surface area contributed by atoms with E-state index in [4.69, 9.17) is 10.7 Å². The summed E-state index contributed by atoms with van der Waals surface area (Å²) in [7, 11) is 1.98. The Morgan fingerprint density at radius 3 is 1.90 bits per heavy atom. The summed E-state index contributed by atoms with van der Waals surface area (Å²) in [5, 5.41) is 0. The van der Waals surface area contributed by atoms with E-state index in [1.165, 1.54) is 44.5 Å². The first-order valence-corrected chi connectivity index (χ1v) is 10.7. The van der Waals surface area contributed by atoms with E-state index in [1.807, 2.05) is 11.9 Å². The van der Waals surface area contributed by atoms with Gasteiger partial charge < -0.3 is 10.6 Å². The predicted molar refractivity (Wildman–Crippen MR) is 129 cm³/mol. The van der Waals surface area contributed by atoms with E-state index < -0.39 is 0 Å². The van der Waals surface area contributed by atoms with Crippen LogP contribution in [0.3, 0.4) is 0 Å². The van der Waals surface area contributed by atoms with Gasteiger partial charge in [-0.05, 0) is 81.6 Å². The highest BCUT2D eigenvalue weighted by molar-refractivity contribution is 5.97. The topological polar surface area (TPSA) is 41.6 Å². The number of benzene rings is 4. The molecular formula is C28H23N3. The molecule has 0 bridgehead atoms. The largest absolute Gasteiger partial charge is 0.369 e. The normalized spacial score (nSPS) is 13.4. The van der Waals surface area contributed by atoms with Gasteiger partial charge in [-0.2, -0.15) is 0 Å². The summed E-state index contributed by atoms with van der Waals surface area (Å²) in [5.74, 6) is 0.492. The van der Waals surface area contributed by atoms with E-state index >= 15 is 0 Å². The van der Waals surface area contributed by atoms with Gasteiger partial charge in [0.15, 0.2) is 0 Å². The number of hydrogen-bond donors (Lipinski definition) is 1. The minimum atomic E-state index is 0.492. The first-order chi connectivity index (χ1) is 15.2. The summed E-state index contributed by atoms with van der Waals surface area (Å²) in [6.07, 6.45) is 1.92. The molecule has 150 valence electrons. The summed E-state index contributed by atoms with van der Waals surface area (Å²) < 4.78 is 0. The van der Waals surface area contributed by atoms with Crippen molar-refractivity contribution in [1.29, 1.82) is 0 Å². The average Bonchev–Trinajstić information content (AvgIpc) is 3.35. The van der Waals surface area contributed by atoms with E-state index in [0.717, 1.165) is 24.2 Å². The molecular weight excluding hydrogens is 378 g/mol. The molecule has 3 nitrogen and oxygen atoms in total. The fourth-order valence-corrected chi connectivity index (χ4v) is 4.88. The van der Waals surface area contributed by atoms with E-state index in [0.29, 0.717) is 5.96 Å². The summed E-state index contributed by atoms with van der Waals surface area (Å²) in [5.41, 5.74) is 19.1. The molecule has 0 radical (unpaired) electrons. The summed E-state index contributed by atoms with van der Waals surface area (Å²) in [4.78, 5) is 6.69. The number of fused-ring (bicyclic) bond motifs is 6. The molecule has 0 amide bonds. The van der Waals surface area contributed by atoms with E-state index in [-0.39, 0.29) is 0 Å². The van der Waals surface area contributed by atoms with Crippen molar-refractivity contribution >= 4 is 17.3 Å². The van der Waals surface area contributed by atoms with Crippen molar-refractivity contribution in [3.8, 4) is 22.3 Å². The number of guanidine groups is 1. The highest BCUT2D eigenvalue weighted by Crippen LogP contribution is 2.39. The maximum atomic E-state index is 6.42. The molecule has 2 N–H and O–H groups in total. The number of aliphatic imine (C=N–C) groups is 1. The van der Waals surface area contributed by atoms with Gasteiger partial charge in [0.05, 0.1) is 5.69 Å². The Bertz CT molecular complexity index is 1370. The van der Waals surface area contributed by atoms with Gasteiger partial charge in [0.1, 0.15) is 0 Å². The Morgan fingerprint density at radius 1 is 0.677 bits per heavy atom. The Kier molecular flexibility index (Phi) is 3.97. The first-order valence-electron chi connectivity index (χ1n) is 10.7. The smallest absolute Gasteiger partial charge is 0.200 e. The van der Waals surface area contributed by atoms with Crippen molar-refractivity contribution in [2.24, 2.45) is 10.7 Å². The second-order valence-corrected chi connectivity index (χ2v) is 8.38.